The van der Waals surface area contributed by atoms with Gasteiger partial charge < -0.3 is 19.5 Å². The molecule has 0 aromatic heterocycles. The molecule has 2 aromatic carbocycles. The van der Waals surface area contributed by atoms with Crippen LogP contribution in [0.2, 0.25) is 0 Å². The van der Waals surface area contributed by atoms with Gasteiger partial charge in [-0.1, -0.05) is 18.2 Å². The topological polar surface area (TPSA) is 56.8 Å². The van der Waals surface area contributed by atoms with Crippen LogP contribution in [0.1, 0.15) is 11.1 Å². The number of carbonyl (C=O) groups is 1. The number of fused-ring (bicyclic) bond motifs is 1. The minimum atomic E-state index is -0.177. The molecule has 0 saturated carbocycles. The molecule has 0 bridgehead atoms. The average Bonchev–Trinajstić information content (AvgIpc) is 2.65. The summed E-state index contributed by atoms with van der Waals surface area (Å²) in [7, 11) is 3.21. The van der Waals surface area contributed by atoms with Crippen molar-refractivity contribution in [1.82, 2.24) is 5.32 Å². The molecule has 126 valence electrons. The van der Waals surface area contributed by atoms with Gasteiger partial charge in [-0.2, -0.15) is 0 Å². The van der Waals surface area contributed by atoms with E-state index in [1.54, 1.807) is 20.3 Å². The first-order valence-corrected chi connectivity index (χ1v) is 7.90. The van der Waals surface area contributed by atoms with E-state index in [1.807, 2.05) is 36.4 Å². The van der Waals surface area contributed by atoms with Crippen molar-refractivity contribution in [1.29, 1.82) is 0 Å². The number of methoxy groups -OCH3 is 2. The second-order valence-electron chi connectivity index (χ2n) is 5.72. The summed E-state index contributed by atoms with van der Waals surface area (Å²) in [4.78, 5) is 12.4. The third-order valence-corrected chi connectivity index (χ3v) is 4.20. The van der Waals surface area contributed by atoms with Gasteiger partial charge in [0.05, 0.1) is 20.1 Å². The summed E-state index contributed by atoms with van der Waals surface area (Å²) in [5.74, 6) is 2.10. The van der Waals surface area contributed by atoms with E-state index < -0.39 is 0 Å². The van der Waals surface area contributed by atoms with E-state index in [2.05, 4.69) is 5.32 Å². The SMILES string of the molecule is COc1ccc(CNC(=O)[C@@H]2COc3ccccc3C2)c(OC)c1. The lowest BCUT2D eigenvalue weighted by Gasteiger charge is -2.24. The molecule has 2 aromatic rings. The molecule has 0 aliphatic carbocycles. The Balaban J connectivity index is 1.62. The van der Waals surface area contributed by atoms with Crippen molar-refractivity contribution in [2.45, 2.75) is 13.0 Å². The quantitative estimate of drug-likeness (QED) is 0.917. The van der Waals surface area contributed by atoms with Gasteiger partial charge in [0.1, 0.15) is 23.9 Å². The van der Waals surface area contributed by atoms with Crippen LogP contribution in [0.5, 0.6) is 17.2 Å². The van der Waals surface area contributed by atoms with Crippen LogP contribution < -0.4 is 19.5 Å². The third-order valence-electron chi connectivity index (χ3n) is 4.20. The normalized spacial score (nSPS) is 15.8. The van der Waals surface area contributed by atoms with E-state index in [9.17, 15) is 4.79 Å². The summed E-state index contributed by atoms with van der Waals surface area (Å²) >= 11 is 0. The molecule has 1 amide bonds. The van der Waals surface area contributed by atoms with E-state index in [4.69, 9.17) is 14.2 Å². The molecule has 1 heterocycles. The van der Waals surface area contributed by atoms with Crippen LogP contribution in [0.15, 0.2) is 42.5 Å². The van der Waals surface area contributed by atoms with E-state index in [1.165, 1.54) is 0 Å². The fourth-order valence-electron chi connectivity index (χ4n) is 2.82. The van der Waals surface area contributed by atoms with Crippen LogP contribution >= 0.6 is 0 Å². The number of hydrogen-bond acceptors (Lipinski definition) is 4. The highest BCUT2D eigenvalue weighted by Gasteiger charge is 2.25. The average molecular weight is 327 g/mol. The molecule has 1 aliphatic rings. The number of hydrogen-bond donors (Lipinski definition) is 1. The summed E-state index contributed by atoms with van der Waals surface area (Å²) in [6, 6.07) is 13.4. The smallest absolute Gasteiger partial charge is 0.227 e. The van der Waals surface area contributed by atoms with Gasteiger partial charge in [0.2, 0.25) is 5.91 Å². The first-order chi connectivity index (χ1) is 11.7. The highest BCUT2D eigenvalue weighted by molar-refractivity contribution is 5.79. The second-order valence-corrected chi connectivity index (χ2v) is 5.72. The Labute approximate surface area is 141 Å². The zero-order valence-corrected chi connectivity index (χ0v) is 13.9. The summed E-state index contributed by atoms with van der Waals surface area (Å²) in [6.07, 6.45) is 0.696. The predicted octanol–water partition coefficient (Wildman–Crippen LogP) is 2.57. The van der Waals surface area contributed by atoms with Gasteiger partial charge in [0.15, 0.2) is 0 Å². The Morgan fingerprint density at radius 1 is 1.21 bits per heavy atom. The van der Waals surface area contributed by atoms with Crippen molar-refractivity contribution in [3.63, 3.8) is 0 Å². The molecule has 0 fully saturated rings. The predicted molar refractivity (Wildman–Crippen MR) is 90.5 cm³/mol. The largest absolute Gasteiger partial charge is 0.497 e. The fraction of sp³-hybridized carbons (Fsp3) is 0.316. The van der Waals surface area contributed by atoms with E-state index in [0.717, 1.165) is 22.6 Å². The van der Waals surface area contributed by atoms with Crippen LogP contribution in [0.25, 0.3) is 0 Å². The van der Waals surface area contributed by atoms with Crippen molar-refractivity contribution < 1.29 is 19.0 Å². The number of benzene rings is 2. The van der Waals surface area contributed by atoms with Crippen molar-refractivity contribution >= 4 is 5.91 Å². The van der Waals surface area contributed by atoms with Gasteiger partial charge in [-0.3, -0.25) is 4.79 Å². The zero-order chi connectivity index (χ0) is 16.9. The maximum absolute atomic E-state index is 12.4. The van der Waals surface area contributed by atoms with Crippen molar-refractivity contribution in [2.24, 2.45) is 5.92 Å². The van der Waals surface area contributed by atoms with Crippen molar-refractivity contribution in [3.8, 4) is 17.2 Å². The Kier molecular flexibility index (Phi) is 4.89. The minimum absolute atomic E-state index is 0.0117. The maximum atomic E-state index is 12.4. The van der Waals surface area contributed by atoms with E-state index in [-0.39, 0.29) is 11.8 Å². The molecule has 0 saturated heterocycles. The first-order valence-electron chi connectivity index (χ1n) is 7.90. The molecule has 1 aliphatic heterocycles. The first kappa shape index (κ1) is 16.2. The Morgan fingerprint density at radius 3 is 2.83 bits per heavy atom. The summed E-state index contributed by atoms with van der Waals surface area (Å²) in [6.45, 7) is 0.812. The Morgan fingerprint density at radius 2 is 2.04 bits per heavy atom. The number of carbonyl (C=O) groups excluding carboxylic acids is 1. The van der Waals surface area contributed by atoms with Gasteiger partial charge in [-0.15, -0.1) is 0 Å². The number of nitrogens with one attached hydrogen (secondary N) is 1. The Hall–Kier alpha value is -2.69. The maximum Gasteiger partial charge on any atom is 0.227 e. The molecule has 5 nitrogen and oxygen atoms in total. The molecule has 5 heteroatoms. The molecule has 0 radical (unpaired) electrons. The zero-order valence-electron chi connectivity index (χ0n) is 13.9. The van der Waals surface area contributed by atoms with Gasteiger partial charge in [0, 0.05) is 18.2 Å². The van der Waals surface area contributed by atoms with Crippen molar-refractivity contribution in [3.05, 3.63) is 53.6 Å². The second kappa shape index (κ2) is 7.25. The highest BCUT2D eigenvalue weighted by atomic mass is 16.5. The molecule has 1 N–H and O–H groups in total. The van der Waals surface area contributed by atoms with Crippen LogP contribution in [-0.2, 0) is 17.8 Å². The van der Waals surface area contributed by atoms with E-state index in [0.29, 0.717) is 25.3 Å². The van der Waals surface area contributed by atoms with Crippen LogP contribution in [0.4, 0.5) is 0 Å². The molecule has 1 atom stereocenters. The van der Waals surface area contributed by atoms with Gasteiger partial charge in [-0.25, -0.2) is 0 Å². The molecule has 24 heavy (non-hydrogen) atoms. The van der Waals surface area contributed by atoms with Gasteiger partial charge >= 0.3 is 0 Å². The minimum Gasteiger partial charge on any atom is -0.497 e. The lowest BCUT2D eigenvalue weighted by atomic mass is 9.96. The summed E-state index contributed by atoms with van der Waals surface area (Å²) in [5.41, 5.74) is 1.98. The number of para-hydroxylation sites is 1. The fourth-order valence-corrected chi connectivity index (χ4v) is 2.82. The Bertz CT molecular complexity index is 729. The number of ether oxygens (including phenoxy) is 3. The lowest BCUT2D eigenvalue weighted by molar-refractivity contribution is -0.126. The van der Waals surface area contributed by atoms with Crippen LogP contribution in [-0.4, -0.2) is 26.7 Å². The molecule has 0 spiro atoms. The number of amides is 1. The standard InChI is InChI=1S/C19H21NO4/c1-22-16-8-7-14(18(10-16)23-2)11-20-19(21)15-9-13-5-3-4-6-17(13)24-12-15/h3-8,10,15H,9,11-12H2,1-2H3,(H,20,21)/t15-/m0/s1. The summed E-state index contributed by atoms with van der Waals surface area (Å²) in [5, 5.41) is 2.97. The van der Waals surface area contributed by atoms with Gasteiger partial charge in [0.25, 0.3) is 0 Å². The molecule has 3 rings (SSSR count). The van der Waals surface area contributed by atoms with E-state index >= 15 is 0 Å². The van der Waals surface area contributed by atoms with Crippen LogP contribution in [0.3, 0.4) is 0 Å². The monoisotopic (exact) mass is 327 g/mol. The van der Waals surface area contributed by atoms with Crippen LogP contribution in [0, 0.1) is 5.92 Å². The van der Waals surface area contributed by atoms with Gasteiger partial charge in [-0.05, 0) is 30.2 Å². The lowest BCUT2D eigenvalue weighted by Crippen LogP contribution is -2.37. The molecular formula is C19H21NO4. The number of rotatable bonds is 5. The molecular weight excluding hydrogens is 306 g/mol. The molecule has 0 unspecified atom stereocenters. The third kappa shape index (κ3) is 3.45. The highest BCUT2D eigenvalue weighted by Crippen LogP contribution is 2.27. The van der Waals surface area contributed by atoms with Crippen molar-refractivity contribution in [2.75, 3.05) is 20.8 Å². The summed E-state index contributed by atoms with van der Waals surface area (Å²) < 4.78 is 16.2.